The molecule has 0 aliphatic heterocycles. The van der Waals surface area contributed by atoms with Crippen molar-refractivity contribution in [2.24, 2.45) is 0 Å². The molecule has 1 aliphatic carbocycles. The maximum absolute atomic E-state index is 6.36. The highest BCUT2D eigenvalue weighted by atomic mass is 16.5. The molecule has 3 heteroatoms. The summed E-state index contributed by atoms with van der Waals surface area (Å²) in [5.41, 5.74) is 2.47. The van der Waals surface area contributed by atoms with Gasteiger partial charge >= 0.3 is 0 Å². The van der Waals surface area contributed by atoms with Crippen molar-refractivity contribution >= 4 is 0 Å². The third-order valence-corrected chi connectivity index (χ3v) is 4.19. The zero-order chi connectivity index (χ0) is 15.2. The highest BCUT2D eigenvalue weighted by Gasteiger charge is 2.24. The summed E-state index contributed by atoms with van der Waals surface area (Å²) in [5, 5.41) is 3.48. The minimum Gasteiger partial charge on any atom is -0.490 e. The van der Waals surface area contributed by atoms with Crippen LogP contribution in [0.15, 0.2) is 18.2 Å². The lowest BCUT2D eigenvalue weighted by Crippen LogP contribution is -2.30. The van der Waals surface area contributed by atoms with E-state index in [1.807, 2.05) is 0 Å². The molecular formula is C18H29NO2. The van der Waals surface area contributed by atoms with Crippen LogP contribution in [0.25, 0.3) is 0 Å². The first-order valence-electron chi connectivity index (χ1n) is 8.11. The van der Waals surface area contributed by atoms with E-state index in [0.29, 0.717) is 12.1 Å². The Balaban J connectivity index is 2.07. The first-order chi connectivity index (χ1) is 10.1. The van der Waals surface area contributed by atoms with Gasteiger partial charge in [0.05, 0.1) is 6.10 Å². The van der Waals surface area contributed by atoms with E-state index in [2.05, 4.69) is 44.3 Å². The Morgan fingerprint density at radius 3 is 2.71 bits per heavy atom. The molecule has 0 spiro atoms. The van der Waals surface area contributed by atoms with Crippen LogP contribution in [0.4, 0.5) is 0 Å². The van der Waals surface area contributed by atoms with Gasteiger partial charge in [-0.25, -0.2) is 0 Å². The molecule has 0 aromatic heterocycles. The number of hydrogen-bond acceptors (Lipinski definition) is 3. The summed E-state index contributed by atoms with van der Waals surface area (Å²) in [6, 6.07) is 6.88. The van der Waals surface area contributed by atoms with Gasteiger partial charge in [-0.3, -0.25) is 0 Å². The average Bonchev–Trinajstić information content (AvgIpc) is 2.48. The van der Waals surface area contributed by atoms with Crippen molar-refractivity contribution in [3.63, 3.8) is 0 Å². The Morgan fingerprint density at radius 1 is 1.24 bits per heavy atom. The van der Waals surface area contributed by atoms with Crippen LogP contribution in [-0.2, 0) is 11.3 Å². The Bertz CT molecular complexity index is 445. The molecule has 0 bridgehead atoms. The van der Waals surface area contributed by atoms with Gasteiger partial charge in [-0.05, 0) is 31.7 Å². The van der Waals surface area contributed by atoms with E-state index in [-0.39, 0.29) is 6.10 Å². The van der Waals surface area contributed by atoms with Gasteiger partial charge in [0.15, 0.2) is 0 Å². The molecule has 3 nitrogen and oxygen atoms in total. The summed E-state index contributed by atoms with van der Waals surface area (Å²) in [6.45, 7) is 7.32. The molecule has 0 radical (unpaired) electrons. The van der Waals surface area contributed by atoms with Crippen LogP contribution >= 0.6 is 0 Å². The van der Waals surface area contributed by atoms with Gasteiger partial charge in [0.1, 0.15) is 11.9 Å². The van der Waals surface area contributed by atoms with Gasteiger partial charge in [-0.15, -0.1) is 0 Å². The molecule has 1 fully saturated rings. The van der Waals surface area contributed by atoms with E-state index in [9.17, 15) is 0 Å². The molecule has 0 heterocycles. The molecule has 2 atom stereocenters. The van der Waals surface area contributed by atoms with E-state index in [4.69, 9.17) is 9.47 Å². The van der Waals surface area contributed by atoms with Crippen LogP contribution in [0, 0.1) is 6.92 Å². The van der Waals surface area contributed by atoms with Crippen molar-refractivity contribution in [2.75, 3.05) is 7.11 Å². The minimum atomic E-state index is 0.280. The van der Waals surface area contributed by atoms with Crippen molar-refractivity contribution in [1.29, 1.82) is 0 Å². The lowest BCUT2D eigenvalue weighted by atomic mass is 9.94. The van der Waals surface area contributed by atoms with Gasteiger partial charge in [-0.2, -0.15) is 0 Å². The summed E-state index contributed by atoms with van der Waals surface area (Å²) in [6.07, 6.45) is 5.11. The van der Waals surface area contributed by atoms with Gasteiger partial charge in [-0.1, -0.05) is 32.0 Å². The Kier molecular flexibility index (Phi) is 6.07. The monoisotopic (exact) mass is 291 g/mol. The molecular weight excluding hydrogens is 262 g/mol. The fourth-order valence-electron chi connectivity index (χ4n) is 2.93. The van der Waals surface area contributed by atoms with E-state index in [0.717, 1.165) is 31.6 Å². The standard InChI is InChI=1S/C18H29NO2/c1-13(2)19-12-15-8-5-7-14(3)18(15)21-17-10-6-9-16(11-17)20-4/h5,7-8,13,16-17,19H,6,9-12H2,1-4H3. The number of nitrogens with one attached hydrogen (secondary N) is 1. The maximum atomic E-state index is 6.36. The lowest BCUT2D eigenvalue weighted by molar-refractivity contribution is 0.0204. The van der Waals surface area contributed by atoms with E-state index in [1.54, 1.807) is 7.11 Å². The average molecular weight is 291 g/mol. The molecule has 0 saturated heterocycles. The van der Waals surface area contributed by atoms with Crippen molar-refractivity contribution in [3.05, 3.63) is 29.3 Å². The zero-order valence-electron chi connectivity index (χ0n) is 13.8. The number of para-hydroxylation sites is 1. The number of methoxy groups -OCH3 is 1. The summed E-state index contributed by atoms with van der Waals surface area (Å²) < 4.78 is 11.9. The predicted octanol–water partition coefficient (Wildman–Crippen LogP) is 3.83. The first kappa shape index (κ1) is 16.3. The quantitative estimate of drug-likeness (QED) is 0.864. The number of ether oxygens (including phenoxy) is 2. The van der Waals surface area contributed by atoms with Crippen LogP contribution < -0.4 is 10.1 Å². The molecule has 1 N–H and O–H groups in total. The second kappa shape index (κ2) is 7.81. The highest BCUT2D eigenvalue weighted by molar-refractivity contribution is 5.41. The zero-order valence-corrected chi connectivity index (χ0v) is 13.8. The summed E-state index contributed by atoms with van der Waals surface area (Å²) in [7, 11) is 1.80. The number of hydrogen-bond donors (Lipinski definition) is 1. The van der Waals surface area contributed by atoms with E-state index >= 15 is 0 Å². The SMILES string of the molecule is COC1CCCC(Oc2c(C)cccc2CNC(C)C)C1. The second-order valence-corrected chi connectivity index (χ2v) is 6.36. The number of rotatable bonds is 6. The van der Waals surface area contributed by atoms with Gasteiger partial charge in [0, 0.05) is 31.7 Å². The maximum Gasteiger partial charge on any atom is 0.127 e. The van der Waals surface area contributed by atoms with Crippen LogP contribution in [0.5, 0.6) is 5.75 Å². The topological polar surface area (TPSA) is 30.5 Å². The number of aryl methyl sites for hydroxylation is 1. The van der Waals surface area contributed by atoms with Crippen molar-refractivity contribution in [1.82, 2.24) is 5.32 Å². The van der Waals surface area contributed by atoms with Crippen LogP contribution in [0.3, 0.4) is 0 Å². The Morgan fingerprint density at radius 2 is 2.00 bits per heavy atom. The molecule has 0 amide bonds. The Hall–Kier alpha value is -1.06. The highest BCUT2D eigenvalue weighted by Crippen LogP contribution is 2.30. The summed E-state index contributed by atoms with van der Waals surface area (Å²) >= 11 is 0. The van der Waals surface area contributed by atoms with Crippen LogP contribution in [-0.4, -0.2) is 25.4 Å². The molecule has 1 aromatic rings. The van der Waals surface area contributed by atoms with Gasteiger partial charge in [0.2, 0.25) is 0 Å². The molecule has 2 rings (SSSR count). The molecule has 1 saturated carbocycles. The lowest BCUT2D eigenvalue weighted by Gasteiger charge is -2.30. The second-order valence-electron chi connectivity index (χ2n) is 6.36. The number of benzene rings is 1. The summed E-state index contributed by atoms with van der Waals surface area (Å²) in [4.78, 5) is 0. The molecule has 21 heavy (non-hydrogen) atoms. The van der Waals surface area contributed by atoms with Crippen molar-refractivity contribution < 1.29 is 9.47 Å². The molecule has 2 unspecified atom stereocenters. The van der Waals surface area contributed by atoms with E-state index < -0.39 is 0 Å². The fourth-order valence-corrected chi connectivity index (χ4v) is 2.93. The van der Waals surface area contributed by atoms with Crippen molar-refractivity contribution in [2.45, 2.75) is 71.2 Å². The summed E-state index contributed by atoms with van der Waals surface area (Å²) in [5.74, 6) is 1.06. The third-order valence-electron chi connectivity index (χ3n) is 4.19. The predicted molar refractivity (Wildman–Crippen MR) is 86.8 cm³/mol. The molecule has 1 aliphatic rings. The largest absolute Gasteiger partial charge is 0.490 e. The van der Waals surface area contributed by atoms with Crippen LogP contribution in [0.1, 0.15) is 50.7 Å². The third kappa shape index (κ3) is 4.72. The Labute approximate surface area is 129 Å². The minimum absolute atomic E-state index is 0.280. The smallest absolute Gasteiger partial charge is 0.127 e. The van der Waals surface area contributed by atoms with Gasteiger partial charge < -0.3 is 14.8 Å². The van der Waals surface area contributed by atoms with Gasteiger partial charge in [0.25, 0.3) is 0 Å². The molecule has 118 valence electrons. The van der Waals surface area contributed by atoms with E-state index in [1.165, 1.54) is 17.5 Å². The normalized spacial score (nSPS) is 22.5. The first-order valence-corrected chi connectivity index (χ1v) is 8.11. The molecule has 1 aromatic carbocycles. The fraction of sp³-hybridized carbons (Fsp3) is 0.667. The van der Waals surface area contributed by atoms with Crippen molar-refractivity contribution in [3.8, 4) is 5.75 Å². The van der Waals surface area contributed by atoms with Crippen LogP contribution in [0.2, 0.25) is 0 Å².